The first kappa shape index (κ1) is 17.1. The Kier molecular flexibility index (Phi) is 9.65. The molecule has 3 unspecified atom stereocenters. The normalized spacial score (nSPS) is 24.8. The molecule has 19 heavy (non-hydrogen) atoms. The summed E-state index contributed by atoms with van der Waals surface area (Å²) in [6.07, 6.45) is 19.2. The van der Waals surface area contributed by atoms with Crippen molar-refractivity contribution in [2.75, 3.05) is 0 Å². The Bertz CT molecular complexity index is 196. The van der Waals surface area contributed by atoms with Crippen LogP contribution in [0.15, 0.2) is 0 Å². The van der Waals surface area contributed by atoms with Gasteiger partial charge in [-0.15, -0.1) is 0 Å². The molecular formula is C19H38. The second-order valence-corrected chi connectivity index (χ2v) is 7.19. The lowest BCUT2D eigenvalue weighted by Crippen LogP contribution is -1.99. The van der Waals surface area contributed by atoms with E-state index in [1.807, 2.05) is 0 Å². The minimum atomic E-state index is 0.977. The van der Waals surface area contributed by atoms with Crippen molar-refractivity contribution in [3.63, 3.8) is 0 Å². The van der Waals surface area contributed by atoms with E-state index < -0.39 is 0 Å². The molecule has 1 aliphatic carbocycles. The van der Waals surface area contributed by atoms with E-state index in [1.165, 1.54) is 77.0 Å². The summed E-state index contributed by atoms with van der Waals surface area (Å²) in [4.78, 5) is 0. The molecule has 1 aliphatic rings. The van der Waals surface area contributed by atoms with Gasteiger partial charge in [-0.1, -0.05) is 97.8 Å². The van der Waals surface area contributed by atoms with Gasteiger partial charge in [0, 0.05) is 0 Å². The van der Waals surface area contributed by atoms with Crippen LogP contribution in [0, 0.1) is 17.8 Å². The molecule has 0 heterocycles. The molecular weight excluding hydrogens is 228 g/mol. The van der Waals surface area contributed by atoms with Gasteiger partial charge in [-0.3, -0.25) is 0 Å². The Morgan fingerprint density at radius 2 is 1.53 bits per heavy atom. The highest BCUT2D eigenvalue weighted by molar-refractivity contribution is 4.74. The van der Waals surface area contributed by atoms with Gasteiger partial charge in [0.15, 0.2) is 0 Å². The first-order chi connectivity index (χ1) is 9.26. The van der Waals surface area contributed by atoms with Crippen LogP contribution in [-0.4, -0.2) is 0 Å². The Morgan fingerprint density at radius 3 is 2.21 bits per heavy atom. The molecule has 0 radical (unpaired) electrons. The third-order valence-electron chi connectivity index (χ3n) is 5.34. The van der Waals surface area contributed by atoms with Gasteiger partial charge in [0.2, 0.25) is 0 Å². The van der Waals surface area contributed by atoms with Crippen LogP contribution in [0.4, 0.5) is 0 Å². The van der Waals surface area contributed by atoms with Crippen LogP contribution in [0.3, 0.4) is 0 Å². The summed E-state index contributed by atoms with van der Waals surface area (Å²) >= 11 is 0. The molecule has 0 nitrogen and oxygen atoms in total. The zero-order valence-electron chi connectivity index (χ0n) is 13.9. The maximum absolute atomic E-state index is 2.48. The molecule has 0 aromatic rings. The molecule has 0 heteroatoms. The fraction of sp³-hybridized carbons (Fsp3) is 1.00. The fourth-order valence-corrected chi connectivity index (χ4v) is 3.81. The maximum atomic E-state index is 2.48. The topological polar surface area (TPSA) is 0 Å². The highest BCUT2D eigenvalue weighted by atomic mass is 14.3. The molecule has 1 fully saturated rings. The van der Waals surface area contributed by atoms with E-state index in [1.54, 1.807) is 6.42 Å². The van der Waals surface area contributed by atoms with E-state index in [4.69, 9.17) is 0 Å². The lowest BCUT2D eigenvalue weighted by molar-refractivity contribution is 0.392. The molecule has 0 bridgehead atoms. The molecule has 0 aliphatic heterocycles. The first-order valence-corrected chi connectivity index (χ1v) is 9.26. The predicted octanol–water partition coefficient (Wildman–Crippen LogP) is 6.98. The van der Waals surface area contributed by atoms with Crippen LogP contribution in [0.1, 0.15) is 104 Å². The third kappa shape index (κ3) is 8.00. The third-order valence-corrected chi connectivity index (χ3v) is 5.34. The van der Waals surface area contributed by atoms with Crippen LogP contribution in [0.2, 0.25) is 0 Å². The van der Waals surface area contributed by atoms with Gasteiger partial charge in [-0.05, 0) is 24.2 Å². The molecule has 0 N–H and O–H groups in total. The standard InChI is InChI=1S/C19H38/c1-4-6-7-8-9-11-17(3)12-10-13-19-15-14-18(5-2)16-19/h17-19H,4-16H2,1-3H3. The summed E-state index contributed by atoms with van der Waals surface area (Å²) in [6, 6.07) is 0. The largest absolute Gasteiger partial charge is 0.0654 e. The summed E-state index contributed by atoms with van der Waals surface area (Å²) in [5.74, 6) is 3.13. The van der Waals surface area contributed by atoms with Crippen molar-refractivity contribution in [2.24, 2.45) is 17.8 Å². The fourth-order valence-electron chi connectivity index (χ4n) is 3.81. The van der Waals surface area contributed by atoms with Gasteiger partial charge in [0.05, 0.1) is 0 Å². The van der Waals surface area contributed by atoms with Crippen molar-refractivity contribution < 1.29 is 0 Å². The van der Waals surface area contributed by atoms with Gasteiger partial charge < -0.3 is 0 Å². The molecule has 0 aromatic heterocycles. The van der Waals surface area contributed by atoms with Gasteiger partial charge in [0.1, 0.15) is 0 Å². The SMILES string of the molecule is CCCCCCCC(C)CCCC1CCC(CC)C1. The lowest BCUT2D eigenvalue weighted by Gasteiger charge is -2.14. The smallest absolute Gasteiger partial charge is 0.0412 e. The Balaban J connectivity index is 1.91. The predicted molar refractivity (Wildman–Crippen MR) is 87.5 cm³/mol. The van der Waals surface area contributed by atoms with Crippen LogP contribution in [0.5, 0.6) is 0 Å². The summed E-state index contributed by atoms with van der Waals surface area (Å²) < 4.78 is 0. The van der Waals surface area contributed by atoms with E-state index in [0.29, 0.717) is 0 Å². The monoisotopic (exact) mass is 266 g/mol. The summed E-state index contributed by atoms with van der Waals surface area (Å²) in [5, 5.41) is 0. The van der Waals surface area contributed by atoms with Crippen molar-refractivity contribution in [3.05, 3.63) is 0 Å². The Labute approximate surface area is 122 Å². The average Bonchev–Trinajstić information content (AvgIpc) is 2.86. The number of hydrogen-bond acceptors (Lipinski definition) is 0. The second-order valence-electron chi connectivity index (χ2n) is 7.19. The van der Waals surface area contributed by atoms with Crippen LogP contribution < -0.4 is 0 Å². The molecule has 0 spiro atoms. The van der Waals surface area contributed by atoms with Gasteiger partial charge >= 0.3 is 0 Å². The molecule has 1 saturated carbocycles. The maximum Gasteiger partial charge on any atom is -0.0412 e. The molecule has 114 valence electrons. The van der Waals surface area contributed by atoms with E-state index in [9.17, 15) is 0 Å². The van der Waals surface area contributed by atoms with E-state index in [2.05, 4.69) is 20.8 Å². The van der Waals surface area contributed by atoms with Gasteiger partial charge in [-0.2, -0.15) is 0 Å². The lowest BCUT2D eigenvalue weighted by atomic mass is 9.92. The van der Waals surface area contributed by atoms with Crippen molar-refractivity contribution >= 4 is 0 Å². The molecule has 0 aromatic carbocycles. The minimum absolute atomic E-state index is 0.977. The molecule has 3 atom stereocenters. The quantitative estimate of drug-likeness (QED) is 0.354. The van der Waals surface area contributed by atoms with Crippen molar-refractivity contribution in [1.29, 1.82) is 0 Å². The van der Waals surface area contributed by atoms with Crippen LogP contribution in [-0.2, 0) is 0 Å². The van der Waals surface area contributed by atoms with Crippen LogP contribution in [0.25, 0.3) is 0 Å². The van der Waals surface area contributed by atoms with Crippen molar-refractivity contribution in [1.82, 2.24) is 0 Å². The zero-order chi connectivity index (χ0) is 13.9. The van der Waals surface area contributed by atoms with Crippen LogP contribution >= 0.6 is 0 Å². The second kappa shape index (κ2) is 10.7. The summed E-state index contributed by atoms with van der Waals surface area (Å²) in [6.45, 7) is 7.14. The molecule has 0 amide bonds. The number of rotatable bonds is 11. The van der Waals surface area contributed by atoms with Crippen molar-refractivity contribution in [2.45, 2.75) is 104 Å². The Morgan fingerprint density at radius 1 is 0.842 bits per heavy atom. The highest BCUT2D eigenvalue weighted by Gasteiger charge is 2.22. The van der Waals surface area contributed by atoms with E-state index >= 15 is 0 Å². The minimum Gasteiger partial charge on any atom is -0.0654 e. The van der Waals surface area contributed by atoms with Gasteiger partial charge in [0.25, 0.3) is 0 Å². The number of unbranched alkanes of at least 4 members (excludes halogenated alkanes) is 4. The van der Waals surface area contributed by atoms with Gasteiger partial charge in [-0.25, -0.2) is 0 Å². The number of hydrogen-bond donors (Lipinski definition) is 0. The average molecular weight is 267 g/mol. The summed E-state index contributed by atoms with van der Waals surface area (Å²) in [7, 11) is 0. The van der Waals surface area contributed by atoms with Crippen molar-refractivity contribution in [3.8, 4) is 0 Å². The Hall–Kier alpha value is 0. The first-order valence-electron chi connectivity index (χ1n) is 9.26. The van der Waals surface area contributed by atoms with E-state index in [0.717, 1.165) is 17.8 Å². The molecule has 1 rings (SSSR count). The zero-order valence-corrected chi connectivity index (χ0v) is 13.9. The highest BCUT2D eigenvalue weighted by Crippen LogP contribution is 2.36. The summed E-state index contributed by atoms with van der Waals surface area (Å²) in [5.41, 5.74) is 0. The molecule has 0 saturated heterocycles. The van der Waals surface area contributed by atoms with E-state index in [-0.39, 0.29) is 0 Å².